The number of para-hydroxylation sites is 6. The van der Waals surface area contributed by atoms with E-state index in [0.717, 1.165) is 101 Å². The molecule has 0 spiro atoms. The van der Waals surface area contributed by atoms with Crippen molar-refractivity contribution < 1.29 is 0 Å². The summed E-state index contributed by atoms with van der Waals surface area (Å²) in [5, 5.41) is 9.44. The van der Waals surface area contributed by atoms with E-state index in [4.69, 9.17) is 19.9 Å². The molecule has 0 unspecified atom stereocenters. The van der Waals surface area contributed by atoms with Crippen LogP contribution in [-0.4, -0.2) is 38.2 Å². The third-order valence-electron chi connectivity index (χ3n) is 14.0. The maximum absolute atomic E-state index is 5.39. The predicted octanol–water partition coefficient (Wildman–Crippen LogP) is 15.0. The first-order valence-corrected chi connectivity index (χ1v) is 23.6. The van der Waals surface area contributed by atoms with E-state index in [-0.39, 0.29) is 0 Å². The van der Waals surface area contributed by atoms with Gasteiger partial charge in [-0.2, -0.15) is 0 Å². The van der Waals surface area contributed by atoms with Crippen LogP contribution in [0.3, 0.4) is 0 Å². The van der Waals surface area contributed by atoms with Crippen molar-refractivity contribution in [3.05, 3.63) is 231 Å². The van der Waals surface area contributed by atoms with Gasteiger partial charge in [0, 0.05) is 43.1 Å². The summed E-state index contributed by atoms with van der Waals surface area (Å²) in [6.07, 6.45) is 0. The lowest BCUT2D eigenvalue weighted by molar-refractivity contribution is 1.05. The Morgan fingerprint density at radius 2 is 0.414 bits per heavy atom. The minimum atomic E-state index is 0.796. The molecular weight excluding hydrogens is 857 g/mol. The van der Waals surface area contributed by atoms with E-state index in [0.29, 0.717) is 0 Å². The number of nitrogens with zero attached hydrogens (tertiary/aromatic N) is 8. The van der Waals surface area contributed by atoms with Crippen LogP contribution in [0.5, 0.6) is 0 Å². The van der Waals surface area contributed by atoms with Crippen LogP contribution >= 0.6 is 0 Å². The minimum Gasteiger partial charge on any atom is -0.294 e. The molecule has 8 heteroatoms. The molecule has 8 nitrogen and oxygen atoms in total. The van der Waals surface area contributed by atoms with Gasteiger partial charge in [0.2, 0.25) is 0 Å². The first-order chi connectivity index (χ1) is 34.7. The van der Waals surface area contributed by atoms with Crippen LogP contribution in [0.25, 0.3) is 133 Å². The molecule has 15 aromatic rings. The van der Waals surface area contributed by atoms with Gasteiger partial charge < -0.3 is 0 Å². The lowest BCUT2D eigenvalue weighted by Crippen LogP contribution is -2.02. The molecule has 0 N–H and O–H groups in total. The summed E-state index contributed by atoms with van der Waals surface area (Å²) in [4.78, 5) is 21.3. The molecule has 326 valence electrons. The van der Waals surface area contributed by atoms with Crippen molar-refractivity contribution in [1.29, 1.82) is 0 Å². The Labute approximate surface area is 400 Å². The third-order valence-corrected chi connectivity index (χ3v) is 14.0. The highest BCUT2D eigenvalue weighted by Gasteiger charge is 2.22. The second kappa shape index (κ2) is 14.9. The summed E-state index contributed by atoms with van der Waals surface area (Å²) < 4.78 is 9.10. The maximum Gasteiger partial charge on any atom is 0.138 e. The molecule has 0 radical (unpaired) electrons. The summed E-state index contributed by atoms with van der Waals surface area (Å²) in [6.45, 7) is 0. The first kappa shape index (κ1) is 38.4. The normalized spacial score (nSPS) is 12.0. The van der Waals surface area contributed by atoms with Crippen LogP contribution in [0.2, 0.25) is 0 Å². The number of fused-ring (bicyclic) bond motifs is 13. The lowest BCUT2D eigenvalue weighted by Gasteiger charge is -2.12. The highest BCUT2D eigenvalue weighted by molar-refractivity contribution is 6.29. The highest BCUT2D eigenvalue weighted by atomic mass is 15.1. The van der Waals surface area contributed by atoms with E-state index < -0.39 is 0 Å². The van der Waals surface area contributed by atoms with Gasteiger partial charge in [0.05, 0.1) is 66.9 Å². The summed E-state index contributed by atoms with van der Waals surface area (Å²) in [6, 6.07) is 80.8. The van der Waals surface area contributed by atoms with Gasteiger partial charge in [0.1, 0.15) is 23.3 Å². The van der Waals surface area contributed by atoms with Gasteiger partial charge in [-0.05, 0) is 97.1 Å². The van der Waals surface area contributed by atoms with Crippen molar-refractivity contribution in [3.63, 3.8) is 0 Å². The monoisotopic (exact) mass is 894 g/mol. The Morgan fingerprint density at radius 3 is 0.700 bits per heavy atom. The molecule has 70 heavy (non-hydrogen) atoms. The molecule has 0 amide bonds. The Hall–Kier alpha value is -9.66. The smallest absolute Gasteiger partial charge is 0.138 e. The lowest BCUT2D eigenvalue weighted by atomic mass is 10.1. The molecule has 0 aliphatic heterocycles. The van der Waals surface area contributed by atoms with Crippen LogP contribution in [-0.2, 0) is 0 Å². The number of hydrogen-bond acceptors (Lipinski definition) is 4. The molecule has 0 bridgehead atoms. The fourth-order valence-electron chi connectivity index (χ4n) is 11.1. The topological polar surface area (TPSA) is 71.3 Å². The van der Waals surface area contributed by atoms with Gasteiger partial charge in [-0.15, -0.1) is 0 Å². The minimum absolute atomic E-state index is 0.796. The fourth-order valence-corrected chi connectivity index (χ4v) is 11.1. The summed E-state index contributed by atoms with van der Waals surface area (Å²) in [5.74, 6) is 3.34. The van der Waals surface area contributed by atoms with Gasteiger partial charge in [-0.1, -0.05) is 133 Å². The molecule has 15 rings (SSSR count). The summed E-state index contributed by atoms with van der Waals surface area (Å²) in [7, 11) is 0. The molecular formula is C62H38N8. The highest BCUT2D eigenvalue weighted by Crippen LogP contribution is 2.43. The van der Waals surface area contributed by atoms with Gasteiger partial charge in [-0.3, -0.25) is 18.3 Å². The van der Waals surface area contributed by atoms with Crippen LogP contribution in [0.15, 0.2) is 231 Å². The van der Waals surface area contributed by atoms with Crippen molar-refractivity contribution in [2.45, 2.75) is 0 Å². The molecule has 0 atom stereocenters. The zero-order valence-electron chi connectivity index (χ0n) is 37.5. The standard InChI is InChI=1S/C62H38N8/c1-7-27-49-39(17-1)40-18-2-8-28-50(40)67(49)57-33-13-23-45(63-57)47-25-15-35-59(65-47)69-53-31-11-5-21-43(53)61-55(69)37-38-56-62(61)44-22-6-12-32-54(44)70(56)60-36-16-26-48(66-60)46-24-14-34-58(64-46)68-51-29-9-3-19-41(51)42-20-4-10-30-52(42)68/h1-38H. The quantitative estimate of drug-likeness (QED) is 0.167. The zero-order chi connectivity index (χ0) is 45.9. The second-order valence-electron chi connectivity index (χ2n) is 17.8. The number of rotatable bonds is 6. The average Bonchev–Trinajstić information content (AvgIpc) is 4.16. The van der Waals surface area contributed by atoms with Crippen LogP contribution in [0, 0.1) is 0 Å². The SMILES string of the molecule is c1cc(-c2cccc(-n3c4ccccc4c4c5c6ccccc6n(-c6cccc(-c7cccc(-n8c9ccccc9c9ccccc98)n7)n6)c5ccc43)n2)nc(-n2c3ccccc3c3ccccc32)c1. The second-order valence-corrected chi connectivity index (χ2v) is 17.8. The third kappa shape index (κ3) is 5.58. The number of benzene rings is 7. The van der Waals surface area contributed by atoms with E-state index >= 15 is 0 Å². The van der Waals surface area contributed by atoms with Gasteiger partial charge >= 0.3 is 0 Å². The van der Waals surface area contributed by atoms with E-state index in [1.54, 1.807) is 0 Å². The first-order valence-electron chi connectivity index (χ1n) is 23.6. The molecule has 0 saturated carbocycles. The molecule has 8 heterocycles. The Kier molecular flexibility index (Phi) is 8.20. The largest absolute Gasteiger partial charge is 0.294 e. The van der Waals surface area contributed by atoms with Crippen LogP contribution < -0.4 is 0 Å². The van der Waals surface area contributed by atoms with Crippen molar-refractivity contribution in [1.82, 2.24) is 38.2 Å². The fraction of sp³-hybridized carbons (Fsp3) is 0. The van der Waals surface area contributed by atoms with E-state index in [1.807, 2.05) is 0 Å². The molecule has 0 fully saturated rings. The van der Waals surface area contributed by atoms with Crippen molar-refractivity contribution in [2.75, 3.05) is 0 Å². The average molecular weight is 895 g/mol. The van der Waals surface area contributed by atoms with Gasteiger partial charge in [0.25, 0.3) is 0 Å². The van der Waals surface area contributed by atoms with E-state index in [2.05, 4.69) is 249 Å². The Morgan fingerprint density at radius 1 is 0.186 bits per heavy atom. The Balaban J connectivity index is 0.872. The van der Waals surface area contributed by atoms with Gasteiger partial charge in [-0.25, -0.2) is 19.9 Å². The van der Waals surface area contributed by atoms with Crippen molar-refractivity contribution >= 4 is 87.2 Å². The zero-order valence-corrected chi connectivity index (χ0v) is 37.5. The Bertz CT molecular complexity index is 4220. The van der Waals surface area contributed by atoms with E-state index in [1.165, 1.54) is 32.3 Å². The molecule has 0 aliphatic carbocycles. The van der Waals surface area contributed by atoms with Crippen molar-refractivity contribution in [3.8, 4) is 46.0 Å². The number of aromatic nitrogens is 8. The summed E-state index contributed by atoms with van der Waals surface area (Å²) in [5.41, 5.74) is 12.0. The maximum atomic E-state index is 5.39. The van der Waals surface area contributed by atoms with Gasteiger partial charge in [0.15, 0.2) is 0 Å². The van der Waals surface area contributed by atoms with E-state index in [9.17, 15) is 0 Å². The molecule has 8 aromatic heterocycles. The summed E-state index contributed by atoms with van der Waals surface area (Å²) >= 11 is 0. The predicted molar refractivity (Wildman–Crippen MR) is 286 cm³/mol. The van der Waals surface area contributed by atoms with Crippen molar-refractivity contribution in [2.24, 2.45) is 0 Å². The van der Waals surface area contributed by atoms with Crippen LogP contribution in [0.1, 0.15) is 0 Å². The number of hydrogen-bond donors (Lipinski definition) is 0. The molecule has 0 aliphatic rings. The van der Waals surface area contributed by atoms with Crippen LogP contribution in [0.4, 0.5) is 0 Å². The number of pyridine rings is 4. The molecule has 0 saturated heterocycles. The molecule has 7 aromatic carbocycles.